The zero-order valence-corrected chi connectivity index (χ0v) is 13.2. The maximum absolute atomic E-state index is 12.3. The normalized spacial score (nSPS) is 23.1. The van der Waals surface area contributed by atoms with E-state index in [9.17, 15) is 9.59 Å². The summed E-state index contributed by atoms with van der Waals surface area (Å²) in [4.78, 5) is 27.0. The second kappa shape index (κ2) is 6.22. The Morgan fingerprint density at radius 1 is 1.29 bits per heavy atom. The molecular weight excluding hydrogens is 272 g/mol. The van der Waals surface area contributed by atoms with Crippen LogP contribution < -0.4 is 0 Å². The van der Waals surface area contributed by atoms with Crippen LogP contribution in [0.1, 0.15) is 46.5 Å². The second-order valence-corrected chi connectivity index (χ2v) is 7.02. The molecule has 1 N–H and O–H groups in total. The molecule has 0 aromatic carbocycles. The lowest BCUT2D eigenvalue weighted by atomic mass is 10.2. The fourth-order valence-electron chi connectivity index (χ4n) is 2.79. The van der Waals surface area contributed by atoms with Crippen LogP contribution in [0, 0.1) is 0 Å². The van der Waals surface area contributed by atoms with Crippen molar-refractivity contribution in [1.82, 2.24) is 9.80 Å². The monoisotopic (exact) mass is 298 g/mol. The number of carbonyl (C=O) groups excluding carboxylic acids is 1. The minimum Gasteiger partial charge on any atom is -0.480 e. The first kappa shape index (κ1) is 16.1. The fourth-order valence-corrected chi connectivity index (χ4v) is 2.79. The number of carbonyl (C=O) groups is 2. The first-order valence-electron chi connectivity index (χ1n) is 7.72. The molecule has 2 rings (SSSR count). The van der Waals surface area contributed by atoms with E-state index in [1.807, 2.05) is 25.7 Å². The third kappa shape index (κ3) is 4.88. The third-order valence-corrected chi connectivity index (χ3v) is 3.86. The highest BCUT2D eigenvalue weighted by Crippen LogP contribution is 2.30. The predicted molar refractivity (Wildman–Crippen MR) is 78.2 cm³/mol. The molecule has 1 saturated carbocycles. The van der Waals surface area contributed by atoms with Gasteiger partial charge in [0, 0.05) is 18.6 Å². The van der Waals surface area contributed by atoms with Crippen molar-refractivity contribution >= 4 is 12.1 Å². The molecule has 6 nitrogen and oxygen atoms in total. The lowest BCUT2D eigenvalue weighted by Gasteiger charge is -2.32. The van der Waals surface area contributed by atoms with Crippen LogP contribution in [0.2, 0.25) is 0 Å². The van der Waals surface area contributed by atoms with Crippen LogP contribution in [0.25, 0.3) is 0 Å². The highest BCUT2D eigenvalue weighted by atomic mass is 16.6. The minimum atomic E-state index is -0.808. The molecule has 120 valence electrons. The number of aliphatic carboxylic acids is 1. The van der Waals surface area contributed by atoms with Gasteiger partial charge >= 0.3 is 12.1 Å². The number of amides is 1. The molecule has 0 bridgehead atoms. The van der Waals surface area contributed by atoms with Crippen molar-refractivity contribution in [2.45, 2.75) is 64.1 Å². The van der Waals surface area contributed by atoms with Gasteiger partial charge in [-0.2, -0.15) is 0 Å². The quantitative estimate of drug-likeness (QED) is 0.840. The zero-order valence-electron chi connectivity index (χ0n) is 13.2. The standard InChI is InChI=1S/C15H26N2O4/c1-15(2,3)21-14(20)17(11-6-7-11)9-12-5-4-8-16(12)10-13(18)19/h11-12H,4-10H2,1-3H3,(H,18,19)/t12-/m0/s1. The summed E-state index contributed by atoms with van der Waals surface area (Å²) < 4.78 is 5.48. The van der Waals surface area contributed by atoms with E-state index in [2.05, 4.69) is 0 Å². The molecule has 1 aliphatic heterocycles. The molecule has 2 fully saturated rings. The van der Waals surface area contributed by atoms with Crippen LogP contribution in [0.4, 0.5) is 4.79 Å². The van der Waals surface area contributed by atoms with Crippen molar-refractivity contribution in [1.29, 1.82) is 0 Å². The van der Waals surface area contributed by atoms with Crippen LogP contribution >= 0.6 is 0 Å². The Hall–Kier alpha value is -1.30. The van der Waals surface area contributed by atoms with Crippen molar-refractivity contribution in [3.05, 3.63) is 0 Å². The molecule has 0 aromatic heterocycles. The molecule has 0 aromatic rings. The smallest absolute Gasteiger partial charge is 0.410 e. The molecule has 1 heterocycles. The average Bonchev–Trinajstić information content (AvgIpc) is 3.06. The number of rotatable bonds is 5. The van der Waals surface area contributed by atoms with Crippen LogP contribution in [0.5, 0.6) is 0 Å². The number of ether oxygens (including phenoxy) is 1. The van der Waals surface area contributed by atoms with Crippen molar-refractivity contribution < 1.29 is 19.4 Å². The van der Waals surface area contributed by atoms with Crippen molar-refractivity contribution in [2.75, 3.05) is 19.6 Å². The first-order chi connectivity index (χ1) is 9.76. The number of likely N-dealkylation sites (tertiary alicyclic amines) is 1. The van der Waals surface area contributed by atoms with E-state index in [4.69, 9.17) is 9.84 Å². The molecule has 1 saturated heterocycles. The van der Waals surface area contributed by atoms with E-state index in [0.717, 1.165) is 32.2 Å². The van der Waals surface area contributed by atoms with E-state index < -0.39 is 11.6 Å². The number of hydrogen-bond donors (Lipinski definition) is 1. The molecule has 1 amide bonds. The maximum atomic E-state index is 12.3. The topological polar surface area (TPSA) is 70.1 Å². The summed E-state index contributed by atoms with van der Waals surface area (Å²) in [6.07, 6.45) is 3.70. The molecule has 21 heavy (non-hydrogen) atoms. The number of carboxylic acids is 1. The summed E-state index contributed by atoms with van der Waals surface area (Å²) in [5.74, 6) is -0.808. The highest BCUT2D eigenvalue weighted by Gasteiger charge is 2.38. The lowest BCUT2D eigenvalue weighted by molar-refractivity contribution is -0.138. The van der Waals surface area contributed by atoms with E-state index in [1.165, 1.54) is 0 Å². The zero-order chi connectivity index (χ0) is 15.6. The Balaban J connectivity index is 1.96. The SMILES string of the molecule is CC(C)(C)OC(=O)N(C[C@@H]1CCCN1CC(=O)O)C1CC1. The number of carboxylic acid groups (broad SMARTS) is 1. The first-order valence-corrected chi connectivity index (χ1v) is 7.72. The van der Waals surface area contributed by atoms with E-state index >= 15 is 0 Å². The van der Waals surface area contributed by atoms with E-state index in [1.54, 1.807) is 4.90 Å². The molecule has 0 spiro atoms. The fraction of sp³-hybridized carbons (Fsp3) is 0.867. The Kier molecular flexibility index (Phi) is 4.76. The third-order valence-electron chi connectivity index (χ3n) is 3.86. The van der Waals surface area contributed by atoms with Gasteiger partial charge in [-0.25, -0.2) is 4.79 Å². The van der Waals surface area contributed by atoms with Gasteiger partial charge in [0.25, 0.3) is 0 Å². The van der Waals surface area contributed by atoms with Gasteiger partial charge in [-0.15, -0.1) is 0 Å². The molecule has 1 aliphatic carbocycles. The van der Waals surface area contributed by atoms with Gasteiger partial charge in [-0.05, 0) is 53.0 Å². The molecular formula is C15H26N2O4. The molecule has 1 atom stereocenters. The summed E-state index contributed by atoms with van der Waals surface area (Å²) in [7, 11) is 0. The van der Waals surface area contributed by atoms with Crippen LogP contribution in [-0.2, 0) is 9.53 Å². The van der Waals surface area contributed by atoms with Crippen LogP contribution in [0.3, 0.4) is 0 Å². The molecule has 0 unspecified atom stereocenters. The van der Waals surface area contributed by atoms with Gasteiger partial charge < -0.3 is 14.7 Å². The summed E-state index contributed by atoms with van der Waals surface area (Å²) in [6, 6.07) is 0.404. The Bertz CT molecular complexity index is 401. The van der Waals surface area contributed by atoms with Crippen molar-refractivity contribution in [3.63, 3.8) is 0 Å². The lowest BCUT2D eigenvalue weighted by Crippen LogP contribution is -2.47. The Morgan fingerprint density at radius 3 is 2.48 bits per heavy atom. The predicted octanol–water partition coefficient (Wildman–Crippen LogP) is 1.93. The minimum absolute atomic E-state index is 0.0531. The van der Waals surface area contributed by atoms with E-state index in [-0.39, 0.29) is 24.7 Å². The summed E-state index contributed by atoms with van der Waals surface area (Å²) in [5.41, 5.74) is -0.499. The number of nitrogens with zero attached hydrogens (tertiary/aromatic N) is 2. The maximum Gasteiger partial charge on any atom is 0.410 e. The van der Waals surface area contributed by atoms with Crippen molar-refractivity contribution in [2.24, 2.45) is 0 Å². The van der Waals surface area contributed by atoms with Crippen molar-refractivity contribution in [3.8, 4) is 0 Å². The largest absolute Gasteiger partial charge is 0.480 e. The van der Waals surface area contributed by atoms with Gasteiger partial charge in [0.05, 0.1) is 6.54 Å². The molecule has 2 aliphatic rings. The summed E-state index contributed by atoms with van der Waals surface area (Å²) in [6.45, 7) is 7.01. The van der Waals surface area contributed by atoms with Gasteiger partial charge in [0.2, 0.25) is 0 Å². The van der Waals surface area contributed by atoms with Gasteiger partial charge in [0.1, 0.15) is 5.60 Å². The number of hydrogen-bond acceptors (Lipinski definition) is 4. The van der Waals surface area contributed by atoms with E-state index in [0.29, 0.717) is 6.54 Å². The average molecular weight is 298 g/mol. The van der Waals surface area contributed by atoms with Gasteiger partial charge in [0.15, 0.2) is 0 Å². The molecule has 0 radical (unpaired) electrons. The Morgan fingerprint density at radius 2 is 1.95 bits per heavy atom. The molecule has 6 heteroatoms. The summed E-state index contributed by atoms with van der Waals surface area (Å²) >= 11 is 0. The highest BCUT2D eigenvalue weighted by molar-refractivity contribution is 5.70. The van der Waals surface area contributed by atoms with Crippen LogP contribution in [0.15, 0.2) is 0 Å². The van der Waals surface area contributed by atoms with Gasteiger partial charge in [-0.1, -0.05) is 0 Å². The summed E-state index contributed by atoms with van der Waals surface area (Å²) in [5, 5.41) is 8.96. The Labute approximate surface area is 126 Å². The second-order valence-electron chi connectivity index (χ2n) is 7.02. The van der Waals surface area contributed by atoms with Gasteiger partial charge in [-0.3, -0.25) is 9.69 Å². The van der Waals surface area contributed by atoms with Crippen LogP contribution in [-0.4, -0.2) is 64.3 Å².